The van der Waals surface area contributed by atoms with Crippen LogP contribution in [0, 0.1) is 0 Å². The average molecular weight is 331 g/mol. The van der Waals surface area contributed by atoms with Crippen LogP contribution in [0.1, 0.15) is 19.8 Å². The lowest BCUT2D eigenvalue weighted by atomic mass is 10.1. The highest BCUT2D eigenvalue weighted by Gasteiger charge is 2.10. The van der Waals surface area contributed by atoms with E-state index in [1.807, 2.05) is 19.1 Å². The molecule has 0 aliphatic rings. The van der Waals surface area contributed by atoms with Gasteiger partial charge in [0.2, 0.25) is 0 Å². The first-order valence-corrected chi connectivity index (χ1v) is 8.18. The Morgan fingerprint density at radius 1 is 1.09 bits per heavy atom. The van der Waals surface area contributed by atoms with Crippen LogP contribution in [-0.2, 0) is 14.4 Å². The molecule has 2 aromatic carbocycles. The van der Waals surface area contributed by atoms with Gasteiger partial charge in [-0.15, -0.1) is 0 Å². The molecule has 0 atom stereocenters. The van der Waals surface area contributed by atoms with Crippen molar-refractivity contribution < 1.29 is 14.4 Å². The molecule has 1 N–H and O–H groups in total. The van der Waals surface area contributed by atoms with Gasteiger partial charge in [-0.1, -0.05) is 42.1 Å². The molecule has 0 aliphatic carbocycles. The van der Waals surface area contributed by atoms with Gasteiger partial charge in [0.05, 0.1) is 20.6 Å². The number of hydroxylamine groups is 1. The standard InChI is InChI=1S/C18H21NO3S/c1-13(19-22-3)17(10-11-18(20)21-2)23-16-9-8-14-6-4-5-7-15(14)12-16/h4-9,12,19H,10-11H2,1-3H3. The summed E-state index contributed by atoms with van der Waals surface area (Å²) in [4.78, 5) is 18.6. The Morgan fingerprint density at radius 2 is 1.83 bits per heavy atom. The highest BCUT2D eigenvalue weighted by Crippen LogP contribution is 2.33. The molecule has 0 aromatic heterocycles. The summed E-state index contributed by atoms with van der Waals surface area (Å²) in [6, 6.07) is 14.6. The minimum Gasteiger partial charge on any atom is -0.469 e. The maximum Gasteiger partial charge on any atom is 0.305 e. The molecule has 4 nitrogen and oxygen atoms in total. The second kappa shape index (κ2) is 8.60. The predicted molar refractivity (Wildman–Crippen MR) is 93.9 cm³/mol. The van der Waals surface area contributed by atoms with Crippen LogP contribution in [0.4, 0.5) is 0 Å². The van der Waals surface area contributed by atoms with Crippen molar-refractivity contribution in [1.29, 1.82) is 0 Å². The number of rotatable bonds is 7. The fourth-order valence-corrected chi connectivity index (χ4v) is 3.22. The van der Waals surface area contributed by atoms with Gasteiger partial charge < -0.3 is 4.74 Å². The molecule has 2 aromatic rings. The van der Waals surface area contributed by atoms with Crippen molar-refractivity contribution in [2.24, 2.45) is 0 Å². The summed E-state index contributed by atoms with van der Waals surface area (Å²) in [5, 5.41) is 2.41. The summed E-state index contributed by atoms with van der Waals surface area (Å²) < 4.78 is 4.73. The van der Waals surface area contributed by atoms with Crippen LogP contribution in [0.2, 0.25) is 0 Å². The number of carbonyl (C=O) groups excluding carboxylic acids is 1. The highest BCUT2D eigenvalue weighted by molar-refractivity contribution is 8.03. The van der Waals surface area contributed by atoms with Gasteiger partial charge in [0.15, 0.2) is 0 Å². The molecule has 0 heterocycles. The van der Waals surface area contributed by atoms with Crippen molar-refractivity contribution in [2.75, 3.05) is 14.2 Å². The summed E-state index contributed by atoms with van der Waals surface area (Å²) in [7, 11) is 2.98. The number of esters is 1. The molecule has 0 aliphatic heterocycles. The quantitative estimate of drug-likeness (QED) is 0.466. The van der Waals surface area contributed by atoms with Gasteiger partial charge in [0.1, 0.15) is 0 Å². The van der Waals surface area contributed by atoms with Crippen LogP contribution in [0.5, 0.6) is 0 Å². The normalized spacial score (nSPS) is 12.0. The number of hydrogen-bond donors (Lipinski definition) is 1. The number of thioether (sulfide) groups is 1. The largest absolute Gasteiger partial charge is 0.469 e. The van der Waals surface area contributed by atoms with E-state index in [-0.39, 0.29) is 5.97 Å². The lowest BCUT2D eigenvalue weighted by Crippen LogP contribution is -2.11. The van der Waals surface area contributed by atoms with Crippen molar-refractivity contribution >= 4 is 28.5 Å². The molecule has 0 radical (unpaired) electrons. The number of ether oxygens (including phenoxy) is 1. The van der Waals surface area contributed by atoms with Gasteiger partial charge in [-0.3, -0.25) is 15.1 Å². The fraction of sp³-hybridized carbons (Fsp3) is 0.278. The first-order valence-electron chi connectivity index (χ1n) is 7.36. The van der Waals surface area contributed by atoms with Gasteiger partial charge in [-0.2, -0.15) is 0 Å². The van der Waals surface area contributed by atoms with E-state index in [9.17, 15) is 4.79 Å². The van der Waals surface area contributed by atoms with Crippen molar-refractivity contribution in [3.63, 3.8) is 0 Å². The molecule has 0 saturated heterocycles. The number of methoxy groups -OCH3 is 1. The van der Waals surface area contributed by atoms with Gasteiger partial charge in [0, 0.05) is 15.5 Å². The Morgan fingerprint density at radius 3 is 2.52 bits per heavy atom. The van der Waals surface area contributed by atoms with E-state index >= 15 is 0 Å². The number of carbonyl (C=O) groups is 1. The summed E-state index contributed by atoms with van der Waals surface area (Å²) >= 11 is 1.63. The molecule has 0 saturated carbocycles. The van der Waals surface area contributed by atoms with Gasteiger partial charge >= 0.3 is 5.97 Å². The zero-order chi connectivity index (χ0) is 16.7. The third-order valence-electron chi connectivity index (χ3n) is 3.42. The smallest absolute Gasteiger partial charge is 0.305 e. The van der Waals surface area contributed by atoms with E-state index in [4.69, 9.17) is 9.57 Å². The Balaban J connectivity index is 2.20. The number of allylic oxidation sites excluding steroid dienone is 2. The molecule has 122 valence electrons. The van der Waals surface area contributed by atoms with Crippen molar-refractivity contribution in [2.45, 2.75) is 24.7 Å². The molecule has 5 heteroatoms. The summed E-state index contributed by atoms with van der Waals surface area (Å²) in [5.74, 6) is -0.216. The topological polar surface area (TPSA) is 47.6 Å². The summed E-state index contributed by atoms with van der Waals surface area (Å²) in [6.45, 7) is 1.93. The number of hydrogen-bond acceptors (Lipinski definition) is 5. The van der Waals surface area contributed by atoms with E-state index in [1.54, 1.807) is 18.9 Å². The average Bonchev–Trinajstić information content (AvgIpc) is 2.58. The first-order chi connectivity index (χ1) is 11.1. The van der Waals surface area contributed by atoms with Crippen molar-refractivity contribution in [3.05, 3.63) is 53.1 Å². The van der Waals surface area contributed by atoms with E-state index in [1.165, 1.54) is 17.9 Å². The van der Waals surface area contributed by atoms with Gasteiger partial charge in [0.25, 0.3) is 0 Å². The molecule has 0 amide bonds. The van der Waals surface area contributed by atoms with Crippen LogP contribution in [0.25, 0.3) is 10.8 Å². The van der Waals surface area contributed by atoms with Crippen molar-refractivity contribution in [1.82, 2.24) is 5.48 Å². The molecular formula is C18H21NO3S. The first kappa shape index (κ1) is 17.4. The number of fused-ring (bicyclic) bond motifs is 1. The second-order valence-electron chi connectivity index (χ2n) is 5.04. The number of benzene rings is 2. The molecular weight excluding hydrogens is 310 g/mol. The Hall–Kier alpha value is -1.98. The molecule has 0 bridgehead atoms. The number of nitrogens with one attached hydrogen (secondary N) is 1. The van der Waals surface area contributed by atoms with Gasteiger partial charge in [-0.25, -0.2) is 0 Å². The lowest BCUT2D eigenvalue weighted by molar-refractivity contribution is -0.140. The predicted octanol–water partition coefficient (Wildman–Crippen LogP) is 4.27. The molecule has 0 spiro atoms. The van der Waals surface area contributed by atoms with E-state index < -0.39 is 0 Å². The zero-order valence-corrected chi connectivity index (χ0v) is 14.4. The third kappa shape index (κ3) is 5.01. The van der Waals surface area contributed by atoms with Crippen LogP contribution < -0.4 is 5.48 Å². The highest BCUT2D eigenvalue weighted by atomic mass is 32.2. The maximum absolute atomic E-state index is 11.4. The molecule has 23 heavy (non-hydrogen) atoms. The molecule has 0 unspecified atom stereocenters. The fourth-order valence-electron chi connectivity index (χ4n) is 2.22. The lowest BCUT2D eigenvalue weighted by Gasteiger charge is -2.13. The van der Waals surface area contributed by atoms with Crippen LogP contribution >= 0.6 is 11.8 Å². The second-order valence-corrected chi connectivity index (χ2v) is 6.21. The van der Waals surface area contributed by atoms with Crippen molar-refractivity contribution in [3.8, 4) is 0 Å². The van der Waals surface area contributed by atoms with Crippen LogP contribution in [0.3, 0.4) is 0 Å². The van der Waals surface area contributed by atoms with Crippen LogP contribution in [0.15, 0.2) is 58.0 Å². The third-order valence-corrected chi connectivity index (χ3v) is 4.67. The Labute approximate surface area is 140 Å². The summed E-state index contributed by atoms with van der Waals surface area (Å²) in [5.41, 5.74) is 3.75. The molecule has 0 fully saturated rings. The Kier molecular flexibility index (Phi) is 6.50. The molecule has 2 rings (SSSR count). The monoisotopic (exact) mass is 331 g/mol. The minimum atomic E-state index is -0.216. The van der Waals surface area contributed by atoms with Gasteiger partial charge in [-0.05, 0) is 36.2 Å². The SMILES string of the molecule is CONC(C)=C(CCC(=O)OC)Sc1ccc2ccccc2c1. The van der Waals surface area contributed by atoms with E-state index in [2.05, 4.69) is 35.8 Å². The van der Waals surface area contributed by atoms with Crippen LogP contribution in [-0.4, -0.2) is 20.2 Å². The zero-order valence-electron chi connectivity index (χ0n) is 13.6. The maximum atomic E-state index is 11.4. The van der Waals surface area contributed by atoms with E-state index in [0.29, 0.717) is 12.8 Å². The minimum absolute atomic E-state index is 0.216. The summed E-state index contributed by atoms with van der Waals surface area (Å²) in [6.07, 6.45) is 0.946. The Bertz CT molecular complexity index is 712. The van der Waals surface area contributed by atoms with E-state index in [0.717, 1.165) is 15.5 Å².